The molecule has 1 aromatic heterocycles. The summed E-state index contributed by atoms with van der Waals surface area (Å²) >= 11 is 0. The van der Waals surface area contributed by atoms with Crippen LogP contribution in [0.4, 0.5) is 0 Å². The topological polar surface area (TPSA) is 30.2 Å². The molecular formula is C11H14NO2+. The van der Waals surface area contributed by atoms with Crippen LogP contribution >= 0.6 is 0 Å². The predicted molar refractivity (Wildman–Crippen MR) is 52.4 cm³/mol. The third-order valence-corrected chi connectivity index (χ3v) is 1.71. The van der Waals surface area contributed by atoms with Crippen LogP contribution in [0.5, 0.6) is 0 Å². The minimum absolute atomic E-state index is 0.332. The number of aromatic nitrogens is 1. The van der Waals surface area contributed by atoms with E-state index in [1.165, 1.54) is 0 Å². The van der Waals surface area contributed by atoms with Gasteiger partial charge < -0.3 is 4.74 Å². The standard InChI is InChI=1S/C11H14NO2/c1-10(2)11(13)14-9-8-12-6-4-3-5-7-12/h3-7H,1,8-9H2,2H3/q+1. The molecule has 1 heterocycles. The molecule has 1 aromatic rings. The molecule has 3 nitrogen and oxygen atoms in total. The summed E-state index contributed by atoms with van der Waals surface area (Å²) in [5, 5.41) is 0. The van der Waals surface area contributed by atoms with E-state index in [4.69, 9.17) is 4.74 Å². The van der Waals surface area contributed by atoms with Gasteiger partial charge in [0.1, 0.15) is 0 Å². The molecule has 0 aliphatic rings. The Labute approximate surface area is 83.6 Å². The van der Waals surface area contributed by atoms with Crippen molar-refractivity contribution >= 4 is 5.97 Å². The lowest BCUT2D eigenvalue weighted by molar-refractivity contribution is -0.697. The highest BCUT2D eigenvalue weighted by atomic mass is 16.5. The maximum absolute atomic E-state index is 11.0. The average Bonchev–Trinajstić information content (AvgIpc) is 2.19. The van der Waals surface area contributed by atoms with Crippen molar-refractivity contribution in [3.63, 3.8) is 0 Å². The van der Waals surface area contributed by atoms with E-state index in [0.717, 1.165) is 0 Å². The van der Waals surface area contributed by atoms with Crippen LogP contribution in [0.1, 0.15) is 6.92 Å². The number of rotatable bonds is 4. The molecule has 0 radical (unpaired) electrons. The molecule has 74 valence electrons. The van der Waals surface area contributed by atoms with Crippen molar-refractivity contribution in [1.82, 2.24) is 0 Å². The molecule has 0 unspecified atom stereocenters. The van der Waals surface area contributed by atoms with Crippen LogP contribution in [0.15, 0.2) is 42.7 Å². The van der Waals surface area contributed by atoms with E-state index < -0.39 is 0 Å². The van der Waals surface area contributed by atoms with Crippen LogP contribution in [-0.4, -0.2) is 12.6 Å². The van der Waals surface area contributed by atoms with Gasteiger partial charge in [0.25, 0.3) is 0 Å². The summed E-state index contributed by atoms with van der Waals surface area (Å²) in [6.45, 7) is 6.18. The number of hydrogen-bond acceptors (Lipinski definition) is 2. The number of esters is 1. The maximum atomic E-state index is 11.0. The van der Waals surface area contributed by atoms with Crippen molar-refractivity contribution < 1.29 is 14.1 Å². The van der Waals surface area contributed by atoms with Crippen LogP contribution < -0.4 is 4.57 Å². The molecule has 0 N–H and O–H groups in total. The molecule has 0 aromatic carbocycles. The number of carbonyl (C=O) groups excluding carboxylic acids is 1. The Morgan fingerprint density at radius 2 is 2.00 bits per heavy atom. The number of nitrogens with zero attached hydrogens (tertiary/aromatic N) is 1. The SMILES string of the molecule is C=C(C)C(=O)OCC[n+]1ccccc1. The highest BCUT2D eigenvalue weighted by Crippen LogP contribution is 1.91. The lowest BCUT2D eigenvalue weighted by Crippen LogP contribution is -2.35. The Morgan fingerprint density at radius 1 is 1.36 bits per heavy atom. The summed E-state index contributed by atoms with van der Waals surface area (Å²) < 4.78 is 6.90. The molecule has 0 aliphatic carbocycles. The summed E-state index contributed by atoms with van der Waals surface area (Å²) in [7, 11) is 0. The molecule has 0 bridgehead atoms. The Bertz CT molecular complexity index is 319. The van der Waals surface area contributed by atoms with E-state index in [-0.39, 0.29) is 5.97 Å². The van der Waals surface area contributed by atoms with Gasteiger partial charge in [0.05, 0.1) is 0 Å². The summed E-state index contributed by atoms with van der Waals surface area (Å²) in [4.78, 5) is 11.0. The summed E-state index contributed by atoms with van der Waals surface area (Å²) in [5.74, 6) is -0.332. The van der Waals surface area contributed by atoms with E-state index in [1.807, 2.05) is 35.2 Å². The molecular weight excluding hydrogens is 178 g/mol. The van der Waals surface area contributed by atoms with Crippen molar-refractivity contribution in [3.8, 4) is 0 Å². The first kappa shape index (κ1) is 10.4. The Morgan fingerprint density at radius 3 is 2.57 bits per heavy atom. The van der Waals surface area contributed by atoms with Gasteiger partial charge in [0.2, 0.25) is 0 Å². The highest BCUT2D eigenvalue weighted by Gasteiger charge is 2.04. The average molecular weight is 192 g/mol. The zero-order valence-electron chi connectivity index (χ0n) is 8.27. The van der Waals surface area contributed by atoms with Crippen LogP contribution in [0.3, 0.4) is 0 Å². The molecule has 3 heteroatoms. The molecule has 14 heavy (non-hydrogen) atoms. The molecule has 0 aliphatic heterocycles. The van der Waals surface area contributed by atoms with Gasteiger partial charge in [0.15, 0.2) is 25.5 Å². The monoisotopic (exact) mass is 192 g/mol. The predicted octanol–water partition coefficient (Wildman–Crippen LogP) is 1.09. The number of pyridine rings is 1. The highest BCUT2D eigenvalue weighted by molar-refractivity contribution is 5.86. The fourth-order valence-electron chi connectivity index (χ4n) is 0.950. The van der Waals surface area contributed by atoms with Gasteiger partial charge in [-0.1, -0.05) is 12.6 Å². The van der Waals surface area contributed by atoms with Gasteiger partial charge >= 0.3 is 5.97 Å². The maximum Gasteiger partial charge on any atom is 0.333 e. The van der Waals surface area contributed by atoms with E-state index in [1.54, 1.807) is 6.92 Å². The van der Waals surface area contributed by atoms with Crippen molar-refractivity contribution in [1.29, 1.82) is 0 Å². The molecule has 0 amide bonds. The molecule has 0 saturated carbocycles. The second-order valence-corrected chi connectivity index (χ2v) is 3.03. The number of hydrogen-bond donors (Lipinski definition) is 0. The largest absolute Gasteiger partial charge is 0.456 e. The molecule has 0 fully saturated rings. The van der Waals surface area contributed by atoms with Crippen LogP contribution in [0, 0.1) is 0 Å². The van der Waals surface area contributed by atoms with Gasteiger partial charge in [0, 0.05) is 17.7 Å². The van der Waals surface area contributed by atoms with Gasteiger partial charge in [-0.25, -0.2) is 9.36 Å². The van der Waals surface area contributed by atoms with Crippen molar-refractivity contribution in [2.45, 2.75) is 13.5 Å². The van der Waals surface area contributed by atoms with Gasteiger partial charge in [-0.05, 0) is 6.92 Å². The second-order valence-electron chi connectivity index (χ2n) is 3.03. The van der Waals surface area contributed by atoms with Gasteiger partial charge in [-0.15, -0.1) is 0 Å². The quantitative estimate of drug-likeness (QED) is 0.406. The van der Waals surface area contributed by atoms with Crippen molar-refractivity contribution in [2.24, 2.45) is 0 Å². The summed E-state index contributed by atoms with van der Waals surface area (Å²) in [6, 6.07) is 5.80. The van der Waals surface area contributed by atoms with Crippen molar-refractivity contribution in [2.75, 3.05) is 6.61 Å². The fraction of sp³-hybridized carbons (Fsp3) is 0.273. The molecule has 1 rings (SSSR count). The van der Waals surface area contributed by atoms with E-state index in [0.29, 0.717) is 18.7 Å². The smallest absolute Gasteiger partial charge is 0.333 e. The van der Waals surface area contributed by atoms with Crippen LogP contribution in [0.2, 0.25) is 0 Å². The normalized spacial score (nSPS) is 9.50. The third-order valence-electron chi connectivity index (χ3n) is 1.71. The second kappa shape index (κ2) is 5.17. The van der Waals surface area contributed by atoms with Gasteiger partial charge in [-0.2, -0.15) is 0 Å². The number of ether oxygens (including phenoxy) is 1. The first-order valence-corrected chi connectivity index (χ1v) is 4.47. The zero-order valence-corrected chi connectivity index (χ0v) is 8.27. The summed E-state index contributed by atoms with van der Waals surface area (Å²) in [5.41, 5.74) is 0.433. The Hall–Kier alpha value is -1.64. The first-order chi connectivity index (χ1) is 6.70. The molecule has 0 saturated heterocycles. The minimum Gasteiger partial charge on any atom is -0.456 e. The Kier molecular flexibility index (Phi) is 3.85. The summed E-state index contributed by atoms with van der Waals surface area (Å²) in [6.07, 6.45) is 3.85. The minimum atomic E-state index is -0.332. The lowest BCUT2D eigenvalue weighted by Gasteiger charge is -2.00. The first-order valence-electron chi connectivity index (χ1n) is 4.47. The molecule has 0 spiro atoms. The van der Waals surface area contributed by atoms with Crippen LogP contribution in [-0.2, 0) is 16.1 Å². The number of carbonyl (C=O) groups is 1. The van der Waals surface area contributed by atoms with Crippen molar-refractivity contribution in [3.05, 3.63) is 42.7 Å². The van der Waals surface area contributed by atoms with Gasteiger partial charge in [-0.3, -0.25) is 0 Å². The van der Waals surface area contributed by atoms with E-state index in [9.17, 15) is 4.79 Å². The van der Waals surface area contributed by atoms with E-state index in [2.05, 4.69) is 6.58 Å². The Balaban J connectivity index is 2.29. The van der Waals surface area contributed by atoms with Crippen LogP contribution in [0.25, 0.3) is 0 Å². The zero-order chi connectivity index (χ0) is 10.4. The molecule has 0 atom stereocenters. The van der Waals surface area contributed by atoms with E-state index >= 15 is 0 Å². The third kappa shape index (κ3) is 3.39. The fourth-order valence-corrected chi connectivity index (χ4v) is 0.950. The lowest BCUT2D eigenvalue weighted by atomic mass is 10.4.